The number of benzene rings is 1. The second-order valence-corrected chi connectivity index (χ2v) is 4.58. The fourth-order valence-electron chi connectivity index (χ4n) is 1.63. The highest BCUT2D eigenvalue weighted by Crippen LogP contribution is 2.37. The highest BCUT2D eigenvalue weighted by molar-refractivity contribution is 6.30. The third-order valence-electron chi connectivity index (χ3n) is 2.94. The Labute approximate surface area is 104 Å². The van der Waals surface area contributed by atoms with Gasteiger partial charge >= 0.3 is 6.18 Å². The SMILES string of the molecule is CCC(C)[C@H](N)c1ccc(Cl)cc1C(F)(F)F. The van der Waals surface area contributed by atoms with Gasteiger partial charge < -0.3 is 5.73 Å². The van der Waals surface area contributed by atoms with E-state index >= 15 is 0 Å². The normalized spacial score (nSPS) is 15.7. The van der Waals surface area contributed by atoms with Crippen molar-refractivity contribution < 1.29 is 13.2 Å². The molecule has 0 heterocycles. The van der Waals surface area contributed by atoms with Gasteiger partial charge in [0.05, 0.1) is 5.56 Å². The van der Waals surface area contributed by atoms with Crippen molar-refractivity contribution in [3.05, 3.63) is 34.3 Å². The number of alkyl halides is 3. The van der Waals surface area contributed by atoms with E-state index in [0.29, 0.717) is 0 Å². The maximum atomic E-state index is 12.8. The van der Waals surface area contributed by atoms with Gasteiger partial charge in [-0.15, -0.1) is 0 Å². The van der Waals surface area contributed by atoms with Crippen LogP contribution in [0.25, 0.3) is 0 Å². The average molecular weight is 266 g/mol. The standard InChI is InChI=1S/C12H15ClF3N/c1-3-7(2)11(17)9-5-4-8(13)6-10(9)12(14,15)16/h4-7,11H,3,17H2,1-2H3/t7?,11-/m0/s1. The molecule has 0 bridgehead atoms. The van der Waals surface area contributed by atoms with Crippen LogP contribution in [0.5, 0.6) is 0 Å². The molecule has 2 N–H and O–H groups in total. The first-order valence-corrected chi connectivity index (χ1v) is 5.77. The smallest absolute Gasteiger partial charge is 0.324 e. The maximum absolute atomic E-state index is 12.8. The molecule has 0 saturated carbocycles. The molecule has 5 heteroatoms. The van der Waals surface area contributed by atoms with Gasteiger partial charge in [0.2, 0.25) is 0 Å². The Morgan fingerprint density at radius 1 is 1.35 bits per heavy atom. The van der Waals surface area contributed by atoms with Crippen LogP contribution < -0.4 is 5.73 Å². The molecule has 17 heavy (non-hydrogen) atoms. The lowest BCUT2D eigenvalue weighted by Gasteiger charge is -2.23. The fourth-order valence-corrected chi connectivity index (χ4v) is 1.80. The second kappa shape index (κ2) is 5.27. The molecule has 0 aromatic heterocycles. The van der Waals surface area contributed by atoms with Crippen LogP contribution in [-0.2, 0) is 6.18 Å². The summed E-state index contributed by atoms with van der Waals surface area (Å²) in [5, 5.41) is 0.0671. The Morgan fingerprint density at radius 2 is 1.94 bits per heavy atom. The Kier molecular flexibility index (Phi) is 4.44. The molecule has 0 amide bonds. The van der Waals surface area contributed by atoms with Gasteiger partial charge in [-0.25, -0.2) is 0 Å². The van der Waals surface area contributed by atoms with E-state index in [1.54, 1.807) is 0 Å². The van der Waals surface area contributed by atoms with Crippen molar-refractivity contribution in [2.45, 2.75) is 32.5 Å². The molecule has 0 aliphatic carbocycles. The van der Waals surface area contributed by atoms with Crippen LogP contribution >= 0.6 is 11.6 Å². The van der Waals surface area contributed by atoms with Crippen molar-refractivity contribution in [1.29, 1.82) is 0 Å². The Balaban J connectivity index is 3.24. The van der Waals surface area contributed by atoms with Gasteiger partial charge in [-0.05, 0) is 23.6 Å². The largest absolute Gasteiger partial charge is 0.416 e. The topological polar surface area (TPSA) is 26.0 Å². The highest BCUT2D eigenvalue weighted by atomic mass is 35.5. The molecule has 0 fully saturated rings. The van der Waals surface area contributed by atoms with Crippen molar-refractivity contribution in [1.82, 2.24) is 0 Å². The van der Waals surface area contributed by atoms with E-state index in [2.05, 4.69) is 0 Å². The van der Waals surface area contributed by atoms with E-state index in [4.69, 9.17) is 17.3 Å². The Morgan fingerprint density at radius 3 is 2.41 bits per heavy atom. The van der Waals surface area contributed by atoms with Crippen molar-refractivity contribution in [2.24, 2.45) is 11.7 Å². The molecule has 1 aromatic rings. The molecule has 2 atom stereocenters. The van der Waals surface area contributed by atoms with E-state index in [0.717, 1.165) is 12.5 Å². The highest BCUT2D eigenvalue weighted by Gasteiger charge is 2.35. The molecular formula is C12H15ClF3N. The lowest BCUT2D eigenvalue weighted by atomic mass is 9.90. The molecule has 0 radical (unpaired) electrons. The van der Waals surface area contributed by atoms with Crippen LogP contribution in [0.3, 0.4) is 0 Å². The van der Waals surface area contributed by atoms with Crippen LogP contribution in [0, 0.1) is 5.92 Å². The minimum Gasteiger partial charge on any atom is -0.324 e. The minimum absolute atomic E-state index is 0.0164. The summed E-state index contributed by atoms with van der Waals surface area (Å²) in [6.45, 7) is 3.73. The average Bonchev–Trinajstić information content (AvgIpc) is 2.25. The predicted molar refractivity (Wildman–Crippen MR) is 62.8 cm³/mol. The van der Waals surface area contributed by atoms with E-state index in [9.17, 15) is 13.2 Å². The first-order chi connectivity index (χ1) is 7.77. The summed E-state index contributed by atoms with van der Waals surface area (Å²) in [6.07, 6.45) is -3.70. The molecule has 1 rings (SSSR count). The third-order valence-corrected chi connectivity index (χ3v) is 3.17. The first kappa shape index (κ1) is 14.3. The predicted octanol–water partition coefficient (Wildman–Crippen LogP) is 4.40. The van der Waals surface area contributed by atoms with Gasteiger partial charge in [-0.2, -0.15) is 13.2 Å². The van der Waals surface area contributed by atoms with Gasteiger partial charge in [0, 0.05) is 11.1 Å². The van der Waals surface area contributed by atoms with Gasteiger partial charge in [0.15, 0.2) is 0 Å². The van der Waals surface area contributed by atoms with Crippen molar-refractivity contribution >= 4 is 11.6 Å². The molecule has 0 aliphatic rings. The summed E-state index contributed by atoms with van der Waals surface area (Å²) in [5.41, 5.74) is 5.22. The molecule has 1 unspecified atom stereocenters. The summed E-state index contributed by atoms with van der Waals surface area (Å²) >= 11 is 5.60. The van der Waals surface area contributed by atoms with Crippen molar-refractivity contribution in [3.8, 4) is 0 Å². The van der Waals surface area contributed by atoms with Crippen LogP contribution in [-0.4, -0.2) is 0 Å². The Hall–Kier alpha value is -0.740. The summed E-state index contributed by atoms with van der Waals surface area (Å²) in [7, 11) is 0. The zero-order valence-corrected chi connectivity index (χ0v) is 10.4. The van der Waals surface area contributed by atoms with Crippen molar-refractivity contribution in [3.63, 3.8) is 0 Å². The number of nitrogens with two attached hydrogens (primary N) is 1. The number of rotatable bonds is 3. The summed E-state index contributed by atoms with van der Waals surface area (Å²) in [4.78, 5) is 0. The first-order valence-electron chi connectivity index (χ1n) is 5.39. The molecule has 0 spiro atoms. The molecule has 1 aromatic carbocycles. The van der Waals surface area contributed by atoms with Gasteiger partial charge in [-0.1, -0.05) is 37.9 Å². The maximum Gasteiger partial charge on any atom is 0.416 e. The van der Waals surface area contributed by atoms with E-state index in [1.807, 2.05) is 13.8 Å². The second-order valence-electron chi connectivity index (χ2n) is 4.14. The zero-order valence-electron chi connectivity index (χ0n) is 9.68. The molecular weight excluding hydrogens is 251 g/mol. The number of hydrogen-bond donors (Lipinski definition) is 1. The van der Waals surface area contributed by atoms with Crippen LogP contribution in [0.15, 0.2) is 18.2 Å². The lowest BCUT2D eigenvalue weighted by Crippen LogP contribution is -2.22. The number of hydrogen-bond acceptors (Lipinski definition) is 1. The molecule has 0 saturated heterocycles. The molecule has 96 valence electrons. The van der Waals surface area contributed by atoms with Gasteiger partial charge in [-0.3, -0.25) is 0 Å². The quantitative estimate of drug-likeness (QED) is 0.861. The monoisotopic (exact) mass is 265 g/mol. The Bertz CT molecular complexity index is 390. The van der Waals surface area contributed by atoms with Crippen LogP contribution in [0.1, 0.15) is 37.4 Å². The summed E-state index contributed by atoms with van der Waals surface area (Å²) < 4.78 is 38.5. The van der Waals surface area contributed by atoms with E-state index < -0.39 is 17.8 Å². The van der Waals surface area contributed by atoms with Crippen LogP contribution in [0.2, 0.25) is 5.02 Å². The van der Waals surface area contributed by atoms with E-state index in [1.165, 1.54) is 12.1 Å². The van der Waals surface area contributed by atoms with Gasteiger partial charge in [0.1, 0.15) is 0 Å². The number of halogens is 4. The molecule has 1 nitrogen and oxygen atoms in total. The van der Waals surface area contributed by atoms with Gasteiger partial charge in [0.25, 0.3) is 0 Å². The summed E-state index contributed by atoms with van der Waals surface area (Å²) in [5.74, 6) is -0.0164. The minimum atomic E-state index is -4.43. The zero-order chi connectivity index (χ0) is 13.2. The van der Waals surface area contributed by atoms with Crippen molar-refractivity contribution in [2.75, 3.05) is 0 Å². The fraction of sp³-hybridized carbons (Fsp3) is 0.500. The summed E-state index contributed by atoms with van der Waals surface area (Å²) in [6, 6.07) is 3.10. The third kappa shape index (κ3) is 3.36. The molecule has 0 aliphatic heterocycles. The lowest BCUT2D eigenvalue weighted by molar-refractivity contribution is -0.138. The van der Waals surface area contributed by atoms with Crippen LogP contribution in [0.4, 0.5) is 13.2 Å². The van der Waals surface area contributed by atoms with E-state index in [-0.39, 0.29) is 16.5 Å².